The first kappa shape index (κ1) is 15.9. The first-order valence-corrected chi connectivity index (χ1v) is 8.14. The van der Waals surface area contributed by atoms with E-state index in [4.69, 9.17) is 0 Å². The molecule has 4 heteroatoms. The van der Waals surface area contributed by atoms with Crippen molar-refractivity contribution in [1.29, 1.82) is 0 Å². The second kappa shape index (κ2) is 5.02. The van der Waals surface area contributed by atoms with E-state index in [9.17, 15) is 14.4 Å². The molecule has 1 aromatic carbocycles. The summed E-state index contributed by atoms with van der Waals surface area (Å²) in [4.78, 5) is 38.3. The van der Waals surface area contributed by atoms with Gasteiger partial charge in [-0.25, -0.2) is 0 Å². The summed E-state index contributed by atoms with van der Waals surface area (Å²) in [5.74, 6) is -2.29. The molecular weight excluding hydrogens is 290 g/mol. The van der Waals surface area contributed by atoms with Crippen LogP contribution in [0.4, 0.5) is 5.69 Å². The van der Waals surface area contributed by atoms with Gasteiger partial charge in [0.05, 0.1) is 0 Å². The zero-order valence-corrected chi connectivity index (χ0v) is 14.1. The second-order valence-corrected chi connectivity index (χ2v) is 7.70. The summed E-state index contributed by atoms with van der Waals surface area (Å²) < 4.78 is 0. The Labute approximate surface area is 136 Å². The Hall–Kier alpha value is -1.97. The normalized spacial score (nSPS) is 32.0. The van der Waals surface area contributed by atoms with Crippen LogP contribution in [0, 0.1) is 29.6 Å². The number of fused-ring (bicyclic) bond motifs is 2. The van der Waals surface area contributed by atoms with Crippen LogP contribution in [0.5, 0.6) is 0 Å². The number of hydrogen-bond acceptors (Lipinski definition) is 3. The van der Waals surface area contributed by atoms with Crippen LogP contribution < -0.4 is 5.32 Å². The molecule has 3 rings (SSSR count). The summed E-state index contributed by atoms with van der Waals surface area (Å²) in [6.07, 6.45) is 1.38. The molecule has 23 heavy (non-hydrogen) atoms. The number of hydrogen-bond donors (Lipinski definition) is 1. The molecule has 2 bridgehead atoms. The van der Waals surface area contributed by atoms with Gasteiger partial charge in [-0.1, -0.05) is 38.5 Å². The Bertz CT molecular complexity index is 689. The standard InChI is InChI=1S/C19H23NO3/c1-11-5-7-12(8-6-11)20-17(23)14-15(21)13-9-10-19(4,16(14)22)18(13,2)3/h5-8,13-14H,9-10H2,1-4H3,(H,20,23)/t13?,14?,19-/m1/s1. The van der Waals surface area contributed by atoms with E-state index in [1.807, 2.05) is 39.8 Å². The van der Waals surface area contributed by atoms with E-state index in [-0.39, 0.29) is 22.9 Å². The van der Waals surface area contributed by atoms with Crippen molar-refractivity contribution < 1.29 is 14.4 Å². The van der Waals surface area contributed by atoms with Crippen LogP contribution in [0.15, 0.2) is 24.3 Å². The number of benzene rings is 1. The van der Waals surface area contributed by atoms with E-state index in [1.165, 1.54) is 0 Å². The fourth-order valence-electron chi connectivity index (χ4n) is 4.19. The molecule has 2 aliphatic carbocycles. The lowest BCUT2D eigenvalue weighted by atomic mass is 9.55. The number of nitrogens with one attached hydrogen (secondary N) is 1. The molecule has 2 fully saturated rings. The van der Waals surface area contributed by atoms with Crippen molar-refractivity contribution in [2.45, 2.75) is 40.5 Å². The number of ketones is 2. The van der Waals surface area contributed by atoms with Crippen LogP contribution in [-0.4, -0.2) is 17.5 Å². The van der Waals surface area contributed by atoms with Crippen LogP contribution in [0.3, 0.4) is 0 Å². The third-order valence-corrected chi connectivity index (χ3v) is 6.24. The first-order chi connectivity index (χ1) is 10.7. The third kappa shape index (κ3) is 2.15. The van der Waals surface area contributed by atoms with Crippen LogP contribution >= 0.6 is 0 Å². The Balaban J connectivity index is 1.88. The molecule has 2 aliphatic rings. The average molecular weight is 313 g/mol. The topological polar surface area (TPSA) is 63.2 Å². The van der Waals surface area contributed by atoms with E-state index in [1.54, 1.807) is 12.1 Å². The molecule has 4 nitrogen and oxygen atoms in total. The van der Waals surface area contributed by atoms with Gasteiger partial charge in [-0.15, -0.1) is 0 Å². The summed E-state index contributed by atoms with van der Waals surface area (Å²) in [6.45, 7) is 7.83. The summed E-state index contributed by atoms with van der Waals surface area (Å²) in [5.41, 5.74) is 0.728. The predicted octanol–water partition coefficient (Wildman–Crippen LogP) is 3.14. The molecule has 122 valence electrons. The van der Waals surface area contributed by atoms with Crippen molar-refractivity contribution in [2.75, 3.05) is 5.32 Å². The molecule has 0 radical (unpaired) electrons. The van der Waals surface area contributed by atoms with E-state index in [0.29, 0.717) is 18.5 Å². The molecule has 1 amide bonds. The molecule has 1 aromatic rings. The van der Waals surface area contributed by atoms with Crippen molar-refractivity contribution in [3.63, 3.8) is 0 Å². The number of Topliss-reactive ketones (excluding diaryl/α,β-unsaturated/α-hetero) is 2. The Kier molecular flexibility index (Phi) is 3.47. The van der Waals surface area contributed by atoms with E-state index < -0.39 is 17.2 Å². The maximum absolute atomic E-state index is 12.9. The van der Waals surface area contributed by atoms with Crippen LogP contribution in [0.2, 0.25) is 0 Å². The fourth-order valence-corrected chi connectivity index (χ4v) is 4.19. The minimum Gasteiger partial charge on any atom is -0.325 e. The smallest absolute Gasteiger partial charge is 0.242 e. The minimum atomic E-state index is -1.16. The van der Waals surface area contributed by atoms with E-state index in [0.717, 1.165) is 5.56 Å². The third-order valence-electron chi connectivity index (χ3n) is 6.24. The average Bonchev–Trinajstić information content (AvgIpc) is 2.66. The monoisotopic (exact) mass is 313 g/mol. The number of amides is 1. The molecule has 0 aromatic heterocycles. The first-order valence-electron chi connectivity index (χ1n) is 8.14. The van der Waals surface area contributed by atoms with E-state index in [2.05, 4.69) is 5.32 Å². The molecule has 2 saturated carbocycles. The molecule has 0 heterocycles. The summed E-state index contributed by atoms with van der Waals surface area (Å²) >= 11 is 0. The highest BCUT2D eigenvalue weighted by atomic mass is 16.2. The predicted molar refractivity (Wildman–Crippen MR) is 87.9 cm³/mol. The lowest BCUT2D eigenvalue weighted by Crippen LogP contribution is -2.56. The van der Waals surface area contributed by atoms with Gasteiger partial charge in [-0.05, 0) is 37.3 Å². The quantitative estimate of drug-likeness (QED) is 0.853. The summed E-state index contributed by atoms with van der Waals surface area (Å²) in [7, 11) is 0. The van der Waals surface area contributed by atoms with Gasteiger partial charge in [0.1, 0.15) is 0 Å². The van der Waals surface area contributed by atoms with Crippen molar-refractivity contribution >= 4 is 23.2 Å². The van der Waals surface area contributed by atoms with Crippen LogP contribution in [0.25, 0.3) is 0 Å². The lowest BCUT2D eigenvalue weighted by Gasteiger charge is -2.46. The van der Waals surface area contributed by atoms with Crippen molar-refractivity contribution in [3.05, 3.63) is 29.8 Å². The highest BCUT2D eigenvalue weighted by molar-refractivity contribution is 6.25. The number of carbonyl (C=O) groups is 3. The largest absolute Gasteiger partial charge is 0.325 e. The van der Waals surface area contributed by atoms with Gasteiger partial charge in [0, 0.05) is 17.0 Å². The van der Waals surface area contributed by atoms with Crippen LogP contribution in [0.1, 0.15) is 39.2 Å². The fraction of sp³-hybridized carbons (Fsp3) is 0.526. The van der Waals surface area contributed by atoms with E-state index >= 15 is 0 Å². The molecule has 0 aliphatic heterocycles. The number of rotatable bonds is 2. The van der Waals surface area contributed by atoms with Gasteiger partial charge in [-0.3, -0.25) is 14.4 Å². The molecular formula is C19H23NO3. The maximum Gasteiger partial charge on any atom is 0.242 e. The minimum absolute atomic E-state index is 0.209. The van der Waals surface area contributed by atoms with Gasteiger partial charge in [0.25, 0.3) is 0 Å². The summed E-state index contributed by atoms with van der Waals surface area (Å²) in [5, 5.41) is 2.73. The van der Waals surface area contributed by atoms with Crippen molar-refractivity contribution in [1.82, 2.24) is 0 Å². The highest BCUT2D eigenvalue weighted by Gasteiger charge is 2.65. The molecule has 3 atom stereocenters. The second-order valence-electron chi connectivity index (χ2n) is 7.70. The Morgan fingerprint density at radius 3 is 2.35 bits per heavy atom. The SMILES string of the molecule is Cc1ccc(NC(=O)C2C(=O)C3CC[C@](C)(C2=O)C3(C)C)cc1. The zero-order chi connectivity index (χ0) is 17.0. The van der Waals surface area contributed by atoms with Gasteiger partial charge in [-0.2, -0.15) is 0 Å². The van der Waals surface area contributed by atoms with Crippen LogP contribution in [-0.2, 0) is 14.4 Å². The number of anilines is 1. The van der Waals surface area contributed by atoms with Gasteiger partial charge in [0.15, 0.2) is 17.5 Å². The highest BCUT2D eigenvalue weighted by Crippen LogP contribution is 2.61. The van der Waals surface area contributed by atoms with Crippen molar-refractivity contribution in [2.24, 2.45) is 22.7 Å². The Morgan fingerprint density at radius 2 is 1.74 bits per heavy atom. The Morgan fingerprint density at radius 1 is 1.13 bits per heavy atom. The zero-order valence-electron chi connectivity index (χ0n) is 14.1. The van der Waals surface area contributed by atoms with Gasteiger partial charge < -0.3 is 5.32 Å². The molecule has 2 unspecified atom stereocenters. The maximum atomic E-state index is 12.9. The van der Waals surface area contributed by atoms with Gasteiger partial charge >= 0.3 is 0 Å². The van der Waals surface area contributed by atoms with Gasteiger partial charge in [0.2, 0.25) is 5.91 Å². The molecule has 1 N–H and O–H groups in total. The number of carbonyl (C=O) groups excluding carboxylic acids is 3. The summed E-state index contributed by atoms with van der Waals surface area (Å²) in [6, 6.07) is 7.33. The molecule has 0 saturated heterocycles. The lowest BCUT2D eigenvalue weighted by molar-refractivity contribution is -0.156. The number of aryl methyl sites for hydroxylation is 1. The molecule has 0 spiro atoms. The van der Waals surface area contributed by atoms with Crippen molar-refractivity contribution in [3.8, 4) is 0 Å².